The Morgan fingerprint density at radius 2 is 1.72 bits per heavy atom. The van der Waals surface area contributed by atoms with Crippen molar-refractivity contribution in [3.8, 4) is 0 Å². The van der Waals surface area contributed by atoms with Crippen molar-refractivity contribution < 1.29 is 14.3 Å². The van der Waals surface area contributed by atoms with Crippen LogP contribution in [0.15, 0.2) is 0 Å². The number of hydrogen-bond acceptors (Lipinski definition) is 4. The summed E-state index contributed by atoms with van der Waals surface area (Å²) in [6, 6.07) is 0. The summed E-state index contributed by atoms with van der Waals surface area (Å²) in [7, 11) is 0. The number of nitrogens with zero attached hydrogens (tertiary/aromatic N) is 2. The van der Waals surface area contributed by atoms with Crippen molar-refractivity contribution in [2.45, 2.75) is 83.9 Å². The molecule has 1 aliphatic carbocycles. The smallest absolute Gasteiger partial charge is 0.410 e. The Hall–Kier alpha value is -1.30. The maximum Gasteiger partial charge on any atom is 0.410 e. The normalized spacial score (nSPS) is 21.7. The summed E-state index contributed by atoms with van der Waals surface area (Å²) >= 11 is 0. The van der Waals surface area contributed by atoms with E-state index in [-0.39, 0.29) is 12.0 Å². The molecule has 0 aromatic carbocycles. The highest BCUT2D eigenvalue weighted by Gasteiger charge is 2.37. The third-order valence-electron chi connectivity index (χ3n) is 5.34. The summed E-state index contributed by atoms with van der Waals surface area (Å²) < 4.78 is 5.45. The number of ether oxygens (including phenoxy) is 1. The molecule has 2 N–H and O–H groups in total. The van der Waals surface area contributed by atoms with E-state index in [2.05, 4.69) is 0 Å². The first-order chi connectivity index (χ1) is 11.6. The van der Waals surface area contributed by atoms with Crippen molar-refractivity contribution >= 4 is 12.0 Å². The van der Waals surface area contributed by atoms with Crippen molar-refractivity contribution in [2.24, 2.45) is 11.7 Å². The van der Waals surface area contributed by atoms with Gasteiger partial charge < -0.3 is 20.3 Å². The quantitative estimate of drug-likeness (QED) is 0.791. The van der Waals surface area contributed by atoms with Crippen LogP contribution >= 0.6 is 0 Å². The second-order valence-corrected chi connectivity index (χ2v) is 8.70. The fourth-order valence-electron chi connectivity index (χ4n) is 3.94. The van der Waals surface area contributed by atoms with Gasteiger partial charge in [0.2, 0.25) is 5.91 Å². The van der Waals surface area contributed by atoms with Gasteiger partial charge in [-0.05, 0) is 65.2 Å². The Bertz CT molecular complexity index is 473. The van der Waals surface area contributed by atoms with Gasteiger partial charge in [-0.3, -0.25) is 4.79 Å². The SMILES string of the molecule is CC(=O)N(CC1CCN(C(=O)OC(C)(C)C)CC1)C1(N)CCCCC1. The number of hydrogen-bond donors (Lipinski definition) is 1. The molecule has 0 radical (unpaired) electrons. The second kappa shape index (κ2) is 7.94. The van der Waals surface area contributed by atoms with Gasteiger partial charge in [0.25, 0.3) is 0 Å². The van der Waals surface area contributed by atoms with E-state index in [1.807, 2.05) is 25.7 Å². The van der Waals surface area contributed by atoms with Gasteiger partial charge in [-0.25, -0.2) is 4.79 Å². The monoisotopic (exact) mass is 353 g/mol. The lowest BCUT2D eigenvalue weighted by molar-refractivity contribution is -0.138. The summed E-state index contributed by atoms with van der Waals surface area (Å²) in [5, 5.41) is 0. The average Bonchev–Trinajstić information content (AvgIpc) is 2.51. The fraction of sp³-hybridized carbons (Fsp3) is 0.895. The molecule has 2 rings (SSSR count). The van der Waals surface area contributed by atoms with Crippen molar-refractivity contribution in [1.82, 2.24) is 9.80 Å². The third-order valence-corrected chi connectivity index (χ3v) is 5.34. The van der Waals surface area contributed by atoms with Gasteiger partial charge in [0.15, 0.2) is 0 Å². The van der Waals surface area contributed by atoms with Crippen LogP contribution in [0.5, 0.6) is 0 Å². The molecule has 0 aromatic rings. The minimum atomic E-state index is -0.480. The predicted molar refractivity (Wildman–Crippen MR) is 97.9 cm³/mol. The summed E-state index contributed by atoms with van der Waals surface area (Å²) in [5.74, 6) is 0.462. The number of amides is 2. The fourth-order valence-corrected chi connectivity index (χ4v) is 3.94. The topological polar surface area (TPSA) is 75.9 Å². The molecule has 1 saturated carbocycles. The van der Waals surface area contributed by atoms with Crippen LogP contribution in [0.1, 0.15) is 72.6 Å². The Morgan fingerprint density at radius 3 is 2.20 bits per heavy atom. The minimum absolute atomic E-state index is 0.0685. The standard InChI is InChI=1S/C19H35N3O3/c1-15(23)22(19(20)10-6-5-7-11-19)14-16-8-12-21(13-9-16)17(24)25-18(2,3)4/h16H,5-14,20H2,1-4H3. The van der Waals surface area contributed by atoms with Crippen molar-refractivity contribution in [3.05, 3.63) is 0 Å². The first kappa shape index (κ1) is 20.0. The van der Waals surface area contributed by atoms with Gasteiger partial charge in [0, 0.05) is 26.6 Å². The van der Waals surface area contributed by atoms with E-state index >= 15 is 0 Å². The van der Waals surface area contributed by atoms with Crippen LogP contribution in [0.3, 0.4) is 0 Å². The largest absolute Gasteiger partial charge is 0.444 e. The van der Waals surface area contributed by atoms with Crippen molar-refractivity contribution in [1.29, 1.82) is 0 Å². The highest BCUT2D eigenvalue weighted by atomic mass is 16.6. The zero-order valence-corrected chi connectivity index (χ0v) is 16.3. The molecule has 6 heteroatoms. The van der Waals surface area contributed by atoms with E-state index in [0.29, 0.717) is 25.6 Å². The first-order valence-corrected chi connectivity index (χ1v) is 9.66. The summed E-state index contributed by atoms with van der Waals surface area (Å²) in [6.07, 6.45) is 6.72. The van der Waals surface area contributed by atoms with Gasteiger partial charge in [0.1, 0.15) is 5.60 Å². The average molecular weight is 354 g/mol. The molecule has 1 saturated heterocycles. The zero-order chi connectivity index (χ0) is 18.7. The van der Waals surface area contributed by atoms with Crippen LogP contribution in [0, 0.1) is 5.92 Å². The number of piperidine rings is 1. The Morgan fingerprint density at radius 1 is 1.16 bits per heavy atom. The molecule has 1 heterocycles. The molecule has 0 spiro atoms. The van der Waals surface area contributed by atoms with E-state index in [1.54, 1.807) is 11.8 Å². The summed E-state index contributed by atoms with van der Waals surface area (Å²) in [4.78, 5) is 28.1. The molecule has 1 aliphatic heterocycles. The number of rotatable bonds is 3. The molecular formula is C19H35N3O3. The van der Waals surface area contributed by atoms with E-state index in [4.69, 9.17) is 10.5 Å². The van der Waals surface area contributed by atoms with Crippen LogP contribution in [0.4, 0.5) is 4.79 Å². The lowest BCUT2D eigenvalue weighted by atomic mass is 9.86. The number of likely N-dealkylation sites (tertiary alicyclic amines) is 1. The van der Waals surface area contributed by atoms with Gasteiger partial charge in [-0.15, -0.1) is 0 Å². The molecule has 0 unspecified atom stereocenters. The minimum Gasteiger partial charge on any atom is -0.444 e. The molecule has 0 bridgehead atoms. The number of nitrogens with two attached hydrogens (primary N) is 1. The molecule has 2 fully saturated rings. The maximum absolute atomic E-state index is 12.2. The van der Waals surface area contributed by atoms with Crippen molar-refractivity contribution in [2.75, 3.05) is 19.6 Å². The predicted octanol–water partition coefficient (Wildman–Crippen LogP) is 3.10. The molecule has 2 amide bonds. The lowest BCUT2D eigenvalue weighted by Gasteiger charge is -2.45. The molecule has 2 aliphatic rings. The molecular weight excluding hydrogens is 318 g/mol. The van der Waals surface area contributed by atoms with Gasteiger partial charge in [-0.1, -0.05) is 6.42 Å². The van der Waals surface area contributed by atoms with Crippen LogP contribution < -0.4 is 5.73 Å². The molecule has 0 atom stereocenters. The molecule has 6 nitrogen and oxygen atoms in total. The molecule has 144 valence electrons. The second-order valence-electron chi connectivity index (χ2n) is 8.70. The summed E-state index contributed by atoms with van der Waals surface area (Å²) in [5.41, 5.74) is 5.64. The third kappa shape index (κ3) is 5.59. The van der Waals surface area contributed by atoms with E-state index in [9.17, 15) is 9.59 Å². The number of carbonyl (C=O) groups excluding carboxylic acids is 2. The highest BCUT2D eigenvalue weighted by Crippen LogP contribution is 2.31. The van der Waals surface area contributed by atoms with Crippen LogP contribution in [-0.2, 0) is 9.53 Å². The molecule has 25 heavy (non-hydrogen) atoms. The van der Waals surface area contributed by atoms with E-state index in [1.165, 1.54) is 6.42 Å². The highest BCUT2D eigenvalue weighted by molar-refractivity contribution is 5.74. The van der Waals surface area contributed by atoms with Crippen LogP contribution in [0.25, 0.3) is 0 Å². The van der Waals surface area contributed by atoms with Gasteiger partial charge in [-0.2, -0.15) is 0 Å². The Labute approximate surface area is 152 Å². The maximum atomic E-state index is 12.2. The summed E-state index contributed by atoms with van der Waals surface area (Å²) in [6.45, 7) is 9.34. The zero-order valence-electron chi connectivity index (χ0n) is 16.3. The first-order valence-electron chi connectivity index (χ1n) is 9.66. The van der Waals surface area contributed by atoms with E-state index in [0.717, 1.165) is 38.5 Å². The molecule has 0 aromatic heterocycles. The lowest BCUT2D eigenvalue weighted by Crippen LogP contribution is -2.60. The Balaban J connectivity index is 1.89. The Kier molecular flexibility index (Phi) is 6.35. The van der Waals surface area contributed by atoms with Crippen LogP contribution in [0.2, 0.25) is 0 Å². The van der Waals surface area contributed by atoms with Crippen molar-refractivity contribution in [3.63, 3.8) is 0 Å². The van der Waals surface area contributed by atoms with Crippen LogP contribution in [-0.4, -0.2) is 52.7 Å². The number of carbonyl (C=O) groups is 2. The van der Waals surface area contributed by atoms with Gasteiger partial charge >= 0.3 is 6.09 Å². The van der Waals surface area contributed by atoms with Gasteiger partial charge in [0.05, 0.1) is 5.66 Å². The van der Waals surface area contributed by atoms with E-state index < -0.39 is 11.3 Å².